The second kappa shape index (κ2) is 11.7. The van der Waals surface area contributed by atoms with E-state index in [1.807, 2.05) is 0 Å². The van der Waals surface area contributed by atoms with Crippen molar-refractivity contribution in [2.45, 2.75) is 26.3 Å². The molecule has 0 aromatic heterocycles. The Bertz CT molecular complexity index is 660. The molecule has 1 aromatic carbocycles. The second-order valence-corrected chi connectivity index (χ2v) is 7.72. The predicted molar refractivity (Wildman–Crippen MR) is 113 cm³/mol. The fraction of sp³-hybridized carbons (Fsp3) is 0.619. The molecule has 1 saturated heterocycles. The molecule has 7 nitrogen and oxygen atoms in total. The molecule has 2 atom stereocenters. The number of halogens is 1. The molecule has 0 saturated carbocycles. The van der Waals surface area contributed by atoms with E-state index >= 15 is 0 Å². The van der Waals surface area contributed by atoms with Gasteiger partial charge in [0.2, 0.25) is 5.91 Å². The van der Waals surface area contributed by atoms with Crippen LogP contribution in [-0.4, -0.2) is 69.2 Å². The lowest BCUT2D eigenvalue weighted by Crippen LogP contribution is -2.53. The zero-order chi connectivity index (χ0) is 21.2. The van der Waals surface area contributed by atoms with E-state index in [0.717, 1.165) is 38.4 Å². The van der Waals surface area contributed by atoms with E-state index in [0.29, 0.717) is 30.9 Å². The quantitative estimate of drug-likeness (QED) is 0.419. The number of primary amides is 1. The summed E-state index contributed by atoms with van der Waals surface area (Å²) in [6.07, 6.45) is 0.446. The summed E-state index contributed by atoms with van der Waals surface area (Å²) in [4.78, 5) is 18.6. The molecule has 4 N–H and O–H groups in total. The molecular weight excluding hydrogens is 373 g/mol. The molecule has 29 heavy (non-hydrogen) atoms. The van der Waals surface area contributed by atoms with Crippen molar-refractivity contribution in [1.82, 2.24) is 15.5 Å². The lowest BCUT2D eigenvalue weighted by molar-refractivity contribution is -0.121. The zero-order valence-corrected chi connectivity index (χ0v) is 17.7. The van der Waals surface area contributed by atoms with E-state index in [-0.39, 0.29) is 5.82 Å². The van der Waals surface area contributed by atoms with E-state index in [4.69, 9.17) is 10.5 Å². The van der Waals surface area contributed by atoms with Gasteiger partial charge in [0.1, 0.15) is 5.82 Å². The Labute approximate surface area is 172 Å². The number of carbonyl (C=O) groups excluding carboxylic acids is 1. The van der Waals surface area contributed by atoms with E-state index in [9.17, 15) is 9.18 Å². The molecule has 1 aliphatic heterocycles. The summed E-state index contributed by atoms with van der Waals surface area (Å²) in [5, 5.41) is 6.57. The maximum atomic E-state index is 13.1. The third-order valence-corrected chi connectivity index (χ3v) is 5.30. The molecule has 0 aliphatic carbocycles. The number of hydrogen-bond donors (Lipinski definition) is 3. The molecular formula is C21H34FN5O2. The van der Waals surface area contributed by atoms with Gasteiger partial charge in [-0.15, -0.1) is 0 Å². The van der Waals surface area contributed by atoms with Crippen LogP contribution >= 0.6 is 0 Å². The van der Waals surface area contributed by atoms with Crippen molar-refractivity contribution in [2.75, 3.05) is 46.4 Å². The monoisotopic (exact) mass is 407 g/mol. The molecule has 8 heteroatoms. The molecule has 1 fully saturated rings. The normalized spacial score (nSPS) is 17.8. The minimum atomic E-state index is -0.417. The summed E-state index contributed by atoms with van der Waals surface area (Å²) < 4.78 is 18.5. The van der Waals surface area contributed by atoms with Crippen LogP contribution < -0.4 is 16.4 Å². The molecule has 1 heterocycles. The third-order valence-electron chi connectivity index (χ3n) is 5.30. The highest BCUT2D eigenvalue weighted by atomic mass is 19.1. The van der Waals surface area contributed by atoms with Crippen molar-refractivity contribution < 1.29 is 13.9 Å². The zero-order valence-electron chi connectivity index (χ0n) is 17.7. The molecule has 1 amide bonds. The third kappa shape index (κ3) is 7.62. The number of morpholine rings is 1. The topological polar surface area (TPSA) is 92.0 Å². The summed E-state index contributed by atoms with van der Waals surface area (Å²) in [6.45, 7) is 8.91. The minimum absolute atomic E-state index is 0.299. The molecule has 2 unspecified atom stereocenters. The van der Waals surface area contributed by atoms with Gasteiger partial charge in [0, 0.05) is 39.3 Å². The van der Waals surface area contributed by atoms with Crippen molar-refractivity contribution in [1.29, 1.82) is 0 Å². The fourth-order valence-electron chi connectivity index (χ4n) is 3.52. The Morgan fingerprint density at radius 1 is 1.21 bits per heavy atom. The summed E-state index contributed by atoms with van der Waals surface area (Å²) >= 11 is 0. The minimum Gasteiger partial charge on any atom is -0.379 e. The molecule has 162 valence electrons. The number of nitrogens with two attached hydrogens (primary N) is 1. The van der Waals surface area contributed by atoms with Gasteiger partial charge in [-0.3, -0.25) is 14.7 Å². The van der Waals surface area contributed by atoms with Gasteiger partial charge in [-0.2, -0.15) is 0 Å². The van der Waals surface area contributed by atoms with Crippen LogP contribution in [0.4, 0.5) is 4.39 Å². The molecule has 0 radical (unpaired) electrons. The highest BCUT2D eigenvalue weighted by molar-refractivity contribution is 5.81. The van der Waals surface area contributed by atoms with Gasteiger partial charge >= 0.3 is 0 Å². The van der Waals surface area contributed by atoms with Crippen molar-refractivity contribution >= 4 is 11.9 Å². The Hall–Kier alpha value is -2.19. The number of guanidine groups is 1. The van der Waals surface area contributed by atoms with Gasteiger partial charge < -0.3 is 21.1 Å². The second-order valence-electron chi connectivity index (χ2n) is 7.72. The number of amides is 1. The number of hydrogen-bond acceptors (Lipinski definition) is 4. The average molecular weight is 408 g/mol. The van der Waals surface area contributed by atoms with E-state index in [1.54, 1.807) is 19.2 Å². The lowest BCUT2D eigenvalue weighted by atomic mass is 9.98. The van der Waals surface area contributed by atoms with Gasteiger partial charge in [-0.25, -0.2) is 4.39 Å². The van der Waals surface area contributed by atoms with Crippen LogP contribution in [0.1, 0.15) is 19.4 Å². The SMILES string of the molecule is CN=C(NCC(Cc1ccc(F)cc1)C(N)=O)NCC(C(C)C)N1CCOCC1. The highest BCUT2D eigenvalue weighted by Gasteiger charge is 2.24. The van der Waals surface area contributed by atoms with Gasteiger partial charge in [-0.1, -0.05) is 26.0 Å². The first-order valence-corrected chi connectivity index (χ1v) is 10.2. The number of nitrogens with one attached hydrogen (secondary N) is 2. The maximum absolute atomic E-state index is 13.1. The number of carbonyl (C=O) groups is 1. The van der Waals surface area contributed by atoms with Crippen molar-refractivity contribution in [3.63, 3.8) is 0 Å². The van der Waals surface area contributed by atoms with Gasteiger partial charge in [0.25, 0.3) is 0 Å². The first-order valence-electron chi connectivity index (χ1n) is 10.2. The number of ether oxygens (including phenoxy) is 1. The largest absolute Gasteiger partial charge is 0.379 e. The number of rotatable bonds is 9. The van der Waals surface area contributed by atoms with Crippen molar-refractivity contribution in [3.05, 3.63) is 35.6 Å². The van der Waals surface area contributed by atoms with Crippen LogP contribution in [0.2, 0.25) is 0 Å². The van der Waals surface area contributed by atoms with E-state index in [1.165, 1.54) is 12.1 Å². The number of aliphatic imine (C=N–C) groups is 1. The van der Waals surface area contributed by atoms with Crippen LogP contribution in [0, 0.1) is 17.7 Å². The summed E-state index contributed by atoms with van der Waals surface area (Å²) in [7, 11) is 1.70. The number of benzene rings is 1. The Kier molecular flexibility index (Phi) is 9.34. The average Bonchev–Trinajstić information content (AvgIpc) is 2.71. The molecule has 1 aromatic rings. The Morgan fingerprint density at radius 3 is 2.38 bits per heavy atom. The van der Waals surface area contributed by atoms with Gasteiger partial charge in [0.05, 0.1) is 19.1 Å². The number of nitrogens with zero attached hydrogens (tertiary/aromatic N) is 2. The van der Waals surface area contributed by atoms with Crippen LogP contribution in [0.25, 0.3) is 0 Å². The predicted octanol–water partition coefficient (Wildman–Crippen LogP) is 0.992. The molecule has 2 rings (SSSR count). The van der Waals surface area contributed by atoms with Crippen LogP contribution in [0.5, 0.6) is 0 Å². The Balaban J connectivity index is 1.88. The maximum Gasteiger partial charge on any atom is 0.222 e. The standard InChI is InChI=1S/C21H34FN5O2/c1-15(2)19(27-8-10-29-11-9-27)14-26-21(24-3)25-13-17(20(23)28)12-16-4-6-18(22)7-5-16/h4-7,15,17,19H,8-14H2,1-3H3,(H2,23,28)(H2,24,25,26). The van der Waals surface area contributed by atoms with Crippen molar-refractivity contribution in [3.8, 4) is 0 Å². The van der Waals surface area contributed by atoms with Crippen LogP contribution in [0.15, 0.2) is 29.3 Å². The Morgan fingerprint density at radius 2 is 1.83 bits per heavy atom. The summed E-state index contributed by atoms with van der Waals surface area (Å²) in [5.74, 6) is 0.00157. The van der Waals surface area contributed by atoms with Crippen LogP contribution in [-0.2, 0) is 16.0 Å². The first-order chi connectivity index (χ1) is 13.9. The van der Waals surface area contributed by atoms with Gasteiger partial charge in [-0.05, 0) is 30.0 Å². The smallest absolute Gasteiger partial charge is 0.222 e. The summed E-state index contributed by atoms with van der Waals surface area (Å²) in [5.41, 5.74) is 6.44. The first kappa shape index (κ1) is 23.1. The fourth-order valence-corrected chi connectivity index (χ4v) is 3.52. The van der Waals surface area contributed by atoms with Crippen LogP contribution in [0.3, 0.4) is 0 Å². The molecule has 0 spiro atoms. The van der Waals surface area contributed by atoms with Crippen molar-refractivity contribution in [2.24, 2.45) is 22.6 Å². The van der Waals surface area contributed by atoms with Gasteiger partial charge in [0.15, 0.2) is 5.96 Å². The van der Waals surface area contributed by atoms with E-state index in [2.05, 4.69) is 34.4 Å². The highest BCUT2D eigenvalue weighted by Crippen LogP contribution is 2.12. The summed E-state index contributed by atoms with van der Waals surface area (Å²) in [6, 6.07) is 6.49. The van der Waals surface area contributed by atoms with E-state index < -0.39 is 11.8 Å². The molecule has 1 aliphatic rings. The molecule has 0 bridgehead atoms. The lowest BCUT2D eigenvalue weighted by Gasteiger charge is -2.37.